The average molecular weight is 374 g/mol. The maximum absolute atomic E-state index is 14.4. The van der Waals surface area contributed by atoms with E-state index in [0.717, 1.165) is 16.3 Å². The number of fused-ring (bicyclic) bond motifs is 1. The molecule has 0 spiro atoms. The summed E-state index contributed by atoms with van der Waals surface area (Å²) in [5.74, 6) is -0.973. The first-order valence-electron chi connectivity index (χ1n) is 9.28. The summed E-state index contributed by atoms with van der Waals surface area (Å²) in [6, 6.07) is 5.32. The van der Waals surface area contributed by atoms with E-state index in [-0.39, 0.29) is 24.7 Å². The number of aromatic nitrogens is 1. The van der Waals surface area contributed by atoms with Gasteiger partial charge >= 0.3 is 0 Å². The fraction of sp³-hybridized carbons (Fsp3) is 0.476. The molecule has 1 amide bonds. The monoisotopic (exact) mass is 374 g/mol. The molecule has 0 aliphatic heterocycles. The summed E-state index contributed by atoms with van der Waals surface area (Å²) in [6.45, 7) is 7.48. The Bertz CT molecular complexity index is 838. The van der Waals surface area contributed by atoms with Crippen LogP contribution in [0.25, 0.3) is 10.8 Å². The van der Waals surface area contributed by atoms with Crippen molar-refractivity contribution in [2.45, 2.75) is 46.7 Å². The number of hydrogen-bond acceptors (Lipinski definition) is 4. The minimum absolute atomic E-state index is 0.149. The number of nitrogens with zero attached hydrogens (tertiary/aromatic N) is 1. The van der Waals surface area contributed by atoms with Crippen LogP contribution in [0, 0.1) is 18.8 Å². The van der Waals surface area contributed by atoms with Crippen LogP contribution in [0.1, 0.15) is 49.5 Å². The predicted octanol–water partition coefficient (Wildman–Crippen LogP) is 4.00. The summed E-state index contributed by atoms with van der Waals surface area (Å²) >= 11 is 0. The third-order valence-corrected chi connectivity index (χ3v) is 5.06. The number of rotatable bonds is 9. The van der Waals surface area contributed by atoms with Gasteiger partial charge in [0.1, 0.15) is 0 Å². The molecule has 0 aliphatic carbocycles. The van der Waals surface area contributed by atoms with Crippen LogP contribution in [-0.4, -0.2) is 29.5 Å². The average Bonchev–Trinajstić information content (AvgIpc) is 2.65. The molecule has 2 N–H and O–H groups in total. The number of alkyl halides is 1. The molecule has 0 saturated heterocycles. The molecule has 0 aliphatic rings. The molecule has 1 heterocycles. The number of aryl methyl sites for hydroxylation is 1. The number of ketones is 1. The van der Waals surface area contributed by atoms with Crippen molar-refractivity contribution in [3.05, 3.63) is 35.5 Å². The number of halogens is 1. The van der Waals surface area contributed by atoms with E-state index in [1.165, 1.54) is 0 Å². The zero-order valence-corrected chi connectivity index (χ0v) is 16.3. The Morgan fingerprint density at radius 1 is 1.30 bits per heavy atom. The van der Waals surface area contributed by atoms with Gasteiger partial charge in [-0.05, 0) is 48.4 Å². The molecule has 1 aromatic heterocycles. The van der Waals surface area contributed by atoms with Gasteiger partial charge in [0, 0.05) is 29.5 Å². The van der Waals surface area contributed by atoms with Crippen molar-refractivity contribution >= 4 is 22.5 Å². The van der Waals surface area contributed by atoms with Crippen LogP contribution < -0.4 is 10.5 Å². The van der Waals surface area contributed by atoms with Gasteiger partial charge in [0.25, 0.3) is 0 Å². The van der Waals surface area contributed by atoms with E-state index in [0.29, 0.717) is 17.9 Å². The number of ether oxygens (including phenoxy) is 1. The van der Waals surface area contributed by atoms with Crippen LogP contribution in [0.2, 0.25) is 0 Å². The van der Waals surface area contributed by atoms with Gasteiger partial charge in [-0.2, -0.15) is 0 Å². The fourth-order valence-corrected chi connectivity index (χ4v) is 3.35. The van der Waals surface area contributed by atoms with Crippen molar-refractivity contribution in [2.24, 2.45) is 17.6 Å². The molecule has 1 aromatic carbocycles. The first kappa shape index (κ1) is 20.8. The summed E-state index contributed by atoms with van der Waals surface area (Å²) in [7, 11) is 0. The molecule has 0 bridgehead atoms. The van der Waals surface area contributed by atoms with E-state index in [4.69, 9.17) is 10.5 Å². The highest BCUT2D eigenvalue weighted by Gasteiger charge is 2.30. The Morgan fingerprint density at radius 3 is 2.59 bits per heavy atom. The van der Waals surface area contributed by atoms with E-state index >= 15 is 0 Å². The van der Waals surface area contributed by atoms with Gasteiger partial charge in [0.15, 0.2) is 12.0 Å². The number of nitrogens with two attached hydrogens (primary N) is 1. The zero-order chi connectivity index (χ0) is 20.1. The van der Waals surface area contributed by atoms with Crippen LogP contribution in [0.4, 0.5) is 4.39 Å². The van der Waals surface area contributed by atoms with Crippen LogP contribution in [0.15, 0.2) is 24.4 Å². The summed E-state index contributed by atoms with van der Waals surface area (Å²) in [5.41, 5.74) is 6.60. The highest BCUT2D eigenvalue weighted by molar-refractivity contribution is 6.00. The highest BCUT2D eigenvalue weighted by Crippen LogP contribution is 2.29. The molecule has 3 unspecified atom stereocenters. The van der Waals surface area contributed by atoms with E-state index in [1.54, 1.807) is 32.2 Å². The van der Waals surface area contributed by atoms with Crippen molar-refractivity contribution in [1.82, 2.24) is 4.98 Å². The lowest BCUT2D eigenvalue weighted by atomic mass is 9.85. The van der Waals surface area contributed by atoms with Crippen molar-refractivity contribution in [3.8, 4) is 5.88 Å². The number of primary amides is 1. The number of carbonyl (C=O) groups excluding carboxylic acids is 2. The van der Waals surface area contributed by atoms with Crippen molar-refractivity contribution in [2.75, 3.05) is 6.61 Å². The zero-order valence-electron chi connectivity index (χ0n) is 16.3. The van der Waals surface area contributed by atoms with E-state index < -0.39 is 18.0 Å². The Labute approximate surface area is 159 Å². The molecule has 2 rings (SSSR count). The van der Waals surface area contributed by atoms with E-state index in [9.17, 15) is 14.0 Å². The van der Waals surface area contributed by atoms with Gasteiger partial charge in [-0.15, -0.1) is 0 Å². The Morgan fingerprint density at radius 2 is 2.00 bits per heavy atom. The molecule has 6 heteroatoms. The first-order chi connectivity index (χ1) is 12.8. The Hall–Kier alpha value is -2.50. The van der Waals surface area contributed by atoms with Crippen LogP contribution in [0.3, 0.4) is 0 Å². The lowest BCUT2D eigenvalue weighted by Crippen LogP contribution is -2.32. The summed E-state index contributed by atoms with van der Waals surface area (Å²) < 4.78 is 20.3. The van der Waals surface area contributed by atoms with E-state index in [1.807, 2.05) is 19.9 Å². The second-order valence-corrected chi connectivity index (χ2v) is 6.95. The van der Waals surface area contributed by atoms with Gasteiger partial charge in [-0.1, -0.05) is 20.8 Å². The maximum atomic E-state index is 14.4. The number of pyridine rings is 1. The SMILES string of the molecule is CCC(=O)C(F)C(CC)C(C)COc1nccc2cc(C(N)=O)c(C)cc12. The third-order valence-electron chi connectivity index (χ3n) is 5.06. The number of carbonyl (C=O) groups is 2. The normalized spacial score (nSPS) is 14.6. The van der Waals surface area contributed by atoms with Crippen molar-refractivity contribution in [3.63, 3.8) is 0 Å². The second kappa shape index (κ2) is 8.93. The van der Waals surface area contributed by atoms with Crippen molar-refractivity contribution < 1.29 is 18.7 Å². The number of amides is 1. The molecule has 5 nitrogen and oxygen atoms in total. The summed E-state index contributed by atoms with van der Waals surface area (Å²) in [6.07, 6.45) is 0.872. The van der Waals surface area contributed by atoms with Crippen LogP contribution in [0.5, 0.6) is 5.88 Å². The van der Waals surface area contributed by atoms with E-state index in [2.05, 4.69) is 4.98 Å². The largest absolute Gasteiger partial charge is 0.477 e. The highest BCUT2D eigenvalue weighted by atomic mass is 19.1. The van der Waals surface area contributed by atoms with Gasteiger partial charge in [0.2, 0.25) is 11.8 Å². The van der Waals surface area contributed by atoms with Crippen molar-refractivity contribution in [1.29, 1.82) is 0 Å². The molecule has 146 valence electrons. The van der Waals surface area contributed by atoms with Gasteiger partial charge < -0.3 is 10.5 Å². The Balaban J connectivity index is 2.22. The second-order valence-electron chi connectivity index (χ2n) is 6.95. The molecule has 0 radical (unpaired) electrons. The first-order valence-corrected chi connectivity index (χ1v) is 9.28. The summed E-state index contributed by atoms with van der Waals surface area (Å²) in [5, 5.41) is 1.56. The standard InChI is InChI=1S/C21H27FN2O3/c1-5-15(19(22)18(25)6-2)13(4)11-27-21-17-9-12(3)16(20(23)26)10-14(17)7-8-24-21/h7-10,13,15,19H,5-6,11H2,1-4H3,(H2,23,26). The van der Waals surface area contributed by atoms with Gasteiger partial charge in [0.05, 0.1) is 6.61 Å². The predicted molar refractivity (Wildman–Crippen MR) is 104 cm³/mol. The van der Waals surface area contributed by atoms with Gasteiger partial charge in [-0.3, -0.25) is 9.59 Å². The molecule has 0 fully saturated rings. The number of hydrogen-bond donors (Lipinski definition) is 1. The fourth-order valence-electron chi connectivity index (χ4n) is 3.35. The smallest absolute Gasteiger partial charge is 0.248 e. The van der Waals surface area contributed by atoms with Crippen LogP contribution in [-0.2, 0) is 4.79 Å². The molecule has 27 heavy (non-hydrogen) atoms. The Kier molecular flexibility index (Phi) is 6.88. The molecule has 0 saturated carbocycles. The maximum Gasteiger partial charge on any atom is 0.248 e. The minimum Gasteiger partial charge on any atom is -0.477 e. The van der Waals surface area contributed by atoms with Gasteiger partial charge in [-0.25, -0.2) is 9.37 Å². The molecular weight excluding hydrogens is 347 g/mol. The summed E-state index contributed by atoms with van der Waals surface area (Å²) in [4.78, 5) is 27.5. The quantitative estimate of drug-likeness (QED) is 0.719. The number of Topliss-reactive ketones (excluding diaryl/α,β-unsaturated/α-hetero) is 1. The molecular formula is C21H27FN2O3. The topological polar surface area (TPSA) is 82.3 Å². The van der Waals surface area contributed by atoms with Crippen LogP contribution >= 0.6 is 0 Å². The minimum atomic E-state index is -1.47. The molecule has 3 atom stereocenters. The third kappa shape index (κ3) is 4.62. The number of benzene rings is 1. The lowest BCUT2D eigenvalue weighted by molar-refractivity contribution is -0.126. The lowest BCUT2D eigenvalue weighted by Gasteiger charge is -2.25. The molecule has 2 aromatic rings.